The molecule has 5 nitrogen and oxygen atoms in total. The van der Waals surface area contributed by atoms with Crippen molar-refractivity contribution in [2.75, 3.05) is 42.9 Å². The van der Waals surface area contributed by atoms with Crippen molar-refractivity contribution in [1.29, 1.82) is 0 Å². The zero-order valence-electron chi connectivity index (χ0n) is 17.1. The standard InChI is InChI=1S/C24H24F2N4O/c25-20-6-5-19(17-21(20)26)24(31)28-22-3-1-2-4-23(22)30-15-13-29(14-16-30)12-9-18-7-10-27-11-8-18/h1-8,10-11,17H,9,12-16H2,(H,28,31). The van der Waals surface area contributed by atoms with E-state index in [4.69, 9.17) is 0 Å². The minimum atomic E-state index is -1.04. The lowest BCUT2D eigenvalue weighted by atomic mass is 10.1. The summed E-state index contributed by atoms with van der Waals surface area (Å²) in [4.78, 5) is 21.3. The number of anilines is 2. The highest BCUT2D eigenvalue weighted by Crippen LogP contribution is 2.27. The Labute approximate surface area is 180 Å². The van der Waals surface area contributed by atoms with E-state index < -0.39 is 17.5 Å². The largest absolute Gasteiger partial charge is 0.367 e. The van der Waals surface area contributed by atoms with Crippen molar-refractivity contribution in [3.63, 3.8) is 0 Å². The molecule has 4 rings (SSSR count). The first-order valence-corrected chi connectivity index (χ1v) is 10.3. The van der Waals surface area contributed by atoms with Gasteiger partial charge in [0.2, 0.25) is 0 Å². The Morgan fingerprint density at radius 3 is 2.42 bits per heavy atom. The van der Waals surface area contributed by atoms with E-state index in [0.717, 1.165) is 57.0 Å². The predicted octanol–water partition coefficient (Wildman–Crippen LogP) is 3.98. The predicted molar refractivity (Wildman–Crippen MR) is 117 cm³/mol. The summed E-state index contributed by atoms with van der Waals surface area (Å²) >= 11 is 0. The van der Waals surface area contributed by atoms with Crippen LogP contribution in [0, 0.1) is 11.6 Å². The molecule has 0 atom stereocenters. The molecule has 1 aliphatic heterocycles. The van der Waals surface area contributed by atoms with E-state index in [9.17, 15) is 13.6 Å². The molecule has 0 radical (unpaired) electrons. The molecule has 1 aromatic heterocycles. The molecular formula is C24H24F2N4O. The van der Waals surface area contributed by atoms with Gasteiger partial charge in [-0.05, 0) is 54.4 Å². The summed E-state index contributed by atoms with van der Waals surface area (Å²) in [6, 6.07) is 14.8. The molecule has 7 heteroatoms. The number of amides is 1. The number of nitrogens with one attached hydrogen (secondary N) is 1. The summed E-state index contributed by atoms with van der Waals surface area (Å²) in [5.41, 5.74) is 2.94. The van der Waals surface area contributed by atoms with E-state index in [1.165, 1.54) is 11.6 Å². The smallest absolute Gasteiger partial charge is 0.255 e. The first kappa shape index (κ1) is 20.9. The molecule has 1 aliphatic rings. The van der Waals surface area contributed by atoms with Gasteiger partial charge >= 0.3 is 0 Å². The number of rotatable bonds is 6. The zero-order chi connectivity index (χ0) is 21.6. The van der Waals surface area contributed by atoms with E-state index in [1.54, 1.807) is 0 Å². The van der Waals surface area contributed by atoms with Gasteiger partial charge in [-0.2, -0.15) is 0 Å². The van der Waals surface area contributed by atoms with Crippen molar-refractivity contribution in [3.8, 4) is 0 Å². The Bertz CT molecular complexity index is 1040. The van der Waals surface area contributed by atoms with Crippen molar-refractivity contribution >= 4 is 17.3 Å². The summed E-state index contributed by atoms with van der Waals surface area (Å²) in [6.07, 6.45) is 4.63. The van der Waals surface area contributed by atoms with Crippen LogP contribution in [0.1, 0.15) is 15.9 Å². The van der Waals surface area contributed by atoms with Gasteiger partial charge in [0, 0.05) is 50.7 Å². The van der Waals surface area contributed by atoms with E-state index in [2.05, 4.69) is 20.1 Å². The molecule has 1 fully saturated rings. The van der Waals surface area contributed by atoms with Crippen LogP contribution in [-0.4, -0.2) is 48.5 Å². The second kappa shape index (κ2) is 9.66. The molecule has 31 heavy (non-hydrogen) atoms. The van der Waals surface area contributed by atoms with Crippen LogP contribution in [0.25, 0.3) is 0 Å². The maximum Gasteiger partial charge on any atom is 0.255 e. The average Bonchev–Trinajstić information content (AvgIpc) is 2.81. The van der Waals surface area contributed by atoms with Crippen LogP contribution in [-0.2, 0) is 6.42 Å². The lowest BCUT2D eigenvalue weighted by molar-refractivity contribution is 0.102. The Balaban J connectivity index is 1.37. The second-order valence-corrected chi connectivity index (χ2v) is 7.53. The Kier molecular flexibility index (Phi) is 6.52. The minimum Gasteiger partial charge on any atom is -0.367 e. The monoisotopic (exact) mass is 422 g/mol. The number of benzene rings is 2. The number of nitrogens with zero attached hydrogens (tertiary/aromatic N) is 3. The van der Waals surface area contributed by atoms with E-state index in [0.29, 0.717) is 5.69 Å². The molecule has 0 bridgehead atoms. The van der Waals surface area contributed by atoms with Crippen molar-refractivity contribution in [1.82, 2.24) is 9.88 Å². The SMILES string of the molecule is O=C(Nc1ccccc1N1CCN(CCc2ccncc2)CC1)c1ccc(F)c(F)c1. The number of carbonyl (C=O) groups is 1. The van der Waals surface area contributed by atoms with Crippen molar-refractivity contribution in [2.24, 2.45) is 0 Å². The Morgan fingerprint density at radius 2 is 1.68 bits per heavy atom. The molecule has 0 spiro atoms. The third-order valence-corrected chi connectivity index (χ3v) is 5.51. The van der Waals surface area contributed by atoms with E-state index >= 15 is 0 Å². The maximum absolute atomic E-state index is 13.5. The first-order chi connectivity index (χ1) is 15.1. The van der Waals surface area contributed by atoms with Gasteiger partial charge in [0.15, 0.2) is 11.6 Å². The van der Waals surface area contributed by atoms with E-state index in [1.807, 2.05) is 48.8 Å². The molecule has 0 aliphatic carbocycles. The lowest BCUT2D eigenvalue weighted by Crippen LogP contribution is -2.47. The fraction of sp³-hybridized carbons (Fsp3) is 0.250. The molecule has 2 aromatic carbocycles. The number of aromatic nitrogens is 1. The molecule has 3 aromatic rings. The van der Waals surface area contributed by atoms with E-state index in [-0.39, 0.29) is 5.56 Å². The molecule has 0 saturated carbocycles. The Hall–Kier alpha value is -3.32. The quantitative estimate of drug-likeness (QED) is 0.653. The van der Waals surface area contributed by atoms with Crippen molar-refractivity contribution in [2.45, 2.75) is 6.42 Å². The number of hydrogen-bond acceptors (Lipinski definition) is 4. The second-order valence-electron chi connectivity index (χ2n) is 7.53. The van der Waals surface area contributed by atoms with Gasteiger partial charge in [-0.1, -0.05) is 12.1 Å². The highest BCUT2D eigenvalue weighted by atomic mass is 19.2. The number of piperazine rings is 1. The summed E-state index contributed by atoms with van der Waals surface area (Å²) in [5.74, 6) is -2.48. The molecule has 2 heterocycles. The summed E-state index contributed by atoms with van der Waals surface area (Å²) in [5, 5.41) is 2.84. The maximum atomic E-state index is 13.5. The summed E-state index contributed by atoms with van der Waals surface area (Å²) in [7, 11) is 0. The van der Waals surface area contributed by atoms with Gasteiger partial charge in [0.25, 0.3) is 5.91 Å². The molecular weight excluding hydrogens is 398 g/mol. The van der Waals surface area contributed by atoms with Crippen LogP contribution in [0.3, 0.4) is 0 Å². The molecule has 1 N–H and O–H groups in total. The third-order valence-electron chi connectivity index (χ3n) is 5.51. The van der Waals surface area contributed by atoms with Crippen LogP contribution in [0.2, 0.25) is 0 Å². The van der Waals surface area contributed by atoms with Gasteiger partial charge in [-0.15, -0.1) is 0 Å². The van der Waals surface area contributed by atoms with Crippen LogP contribution >= 0.6 is 0 Å². The topological polar surface area (TPSA) is 48.5 Å². The van der Waals surface area contributed by atoms with Crippen LogP contribution in [0.5, 0.6) is 0 Å². The van der Waals surface area contributed by atoms with Gasteiger partial charge < -0.3 is 10.2 Å². The summed E-state index contributed by atoms with van der Waals surface area (Å²) < 4.78 is 26.6. The number of halogens is 2. The van der Waals surface area contributed by atoms with Crippen LogP contribution in [0.4, 0.5) is 20.2 Å². The lowest BCUT2D eigenvalue weighted by Gasteiger charge is -2.37. The number of hydrogen-bond donors (Lipinski definition) is 1. The van der Waals surface area contributed by atoms with Gasteiger partial charge in [-0.25, -0.2) is 8.78 Å². The van der Waals surface area contributed by atoms with Gasteiger partial charge in [0.05, 0.1) is 11.4 Å². The number of pyridine rings is 1. The fourth-order valence-corrected chi connectivity index (χ4v) is 3.74. The molecule has 1 amide bonds. The minimum absolute atomic E-state index is 0.0784. The third kappa shape index (κ3) is 5.24. The normalized spacial score (nSPS) is 14.5. The van der Waals surface area contributed by atoms with Crippen LogP contribution < -0.4 is 10.2 Å². The highest BCUT2D eigenvalue weighted by molar-refractivity contribution is 6.06. The first-order valence-electron chi connectivity index (χ1n) is 10.3. The fourth-order valence-electron chi connectivity index (χ4n) is 3.74. The average molecular weight is 422 g/mol. The number of carbonyl (C=O) groups excluding carboxylic acids is 1. The zero-order valence-corrected chi connectivity index (χ0v) is 17.1. The molecule has 0 unspecified atom stereocenters. The van der Waals surface area contributed by atoms with Crippen molar-refractivity contribution in [3.05, 3.63) is 89.8 Å². The van der Waals surface area contributed by atoms with Crippen LogP contribution in [0.15, 0.2) is 67.0 Å². The van der Waals surface area contributed by atoms with Gasteiger partial charge in [-0.3, -0.25) is 14.7 Å². The Morgan fingerprint density at radius 1 is 0.935 bits per heavy atom. The molecule has 1 saturated heterocycles. The van der Waals surface area contributed by atoms with Crippen molar-refractivity contribution < 1.29 is 13.6 Å². The number of para-hydroxylation sites is 2. The van der Waals surface area contributed by atoms with Gasteiger partial charge in [0.1, 0.15) is 0 Å². The molecule has 160 valence electrons. The highest BCUT2D eigenvalue weighted by Gasteiger charge is 2.20. The summed E-state index contributed by atoms with van der Waals surface area (Å²) in [6.45, 7) is 4.53.